The van der Waals surface area contributed by atoms with Gasteiger partial charge in [-0.1, -0.05) is 38.1 Å². The third kappa shape index (κ3) is 4.48. The van der Waals surface area contributed by atoms with Crippen molar-refractivity contribution in [1.82, 2.24) is 10.3 Å². The number of carbonyl (C=O) groups excluding carboxylic acids is 2. The van der Waals surface area contributed by atoms with E-state index in [1.165, 1.54) is 0 Å². The number of carbonyl (C=O) groups is 2. The molecule has 2 aromatic rings. The van der Waals surface area contributed by atoms with Crippen molar-refractivity contribution < 1.29 is 9.59 Å². The molecule has 0 saturated carbocycles. The van der Waals surface area contributed by atoms with E-state index in [1.54, 1.807) is 26.2 Å². The highest BCUT2D eigenvalue weighted by atomic mass is 16.2. The first-order valence-corrected chi connectivity index (χ1v) is 8.99. The lowest BCUT2D eigenvalue weighted by molar-refractivity contribution is -0.138. The van der Waals surface area contributed by atoms with Crippen LogP contribution in [0.5, 0.6) is 0 Å². The Morgan fingerprint density at radius 1 is 1.00 bits per heavy atom. The molecule has 0 atom stereocenters. The minimum absolute atomic E-state index is 0.309. The highest BCUT2D eigenvalue weighted by molar-refractivity contribution is 6.10. The van der Waals surface area contributed by atoms with Crippen molar-refractivity contribution in [3.8, 4) is 0 Å². The molecule has 0 aliphatic heterocycles. The highest BCUT2D eigenvalue weighted by Crippen LogP contribution is 2.26. The van der Waals surface area contributed by atoms with Crippen molar-refractivity contribution in [3.05, 3.63) is 59.4 Å². The van der Waals surface area contributed by atoms with E-state index in [-0.39, 0.29) is 11.8 Å². The van der Waals surface area contributed by atoms with E-state index >= 15 is 0 Å². The highest BCUT2D eigenvalue weighted by Gasteiger charge is 2.36. The number of aryl methyl sites for hydroxylation is 2. The van der Waals surface area contributed by atoms with Gasteiger partial charge in [-0.15, -0.1) is 0 Å². The molecule has 0 aliphatic carbocycles. The van der Waals surface area contributed by atoms with Gasteiger partial charge in [0.25, 0.3) is 0 Å². The Morgan fingerprint density at radius 2 is 1.65 bits per heavy atom. The Labute approximate surface area is 155 Å². The molecule has 0 spiro atoms. The third-order valence-electron chi connectivity index (χ3n) is 4.55. The van der Waals surface area contributed by atoms with Gasteiger partial charge in [0.2, 0.25) is 11.8 Å². The third-order valence-corrected chi connectivity index (χ3v) is 4.55. The number of hydrogen-bond acceptors (Lipinski definition) is 3. The lowest BCUT2D eigenvalue weighted by Crippen LogP contribution is -2.45. The lowest BCUT2D eigenvalue weighted by atomic mass is 9.90. The average Bonchev–Trinajstić information content (AvgIpc) is 2.66. The summed E-state index contributed by atoms with van der Waals surface area (Å²) in [5.41, 5.74) is 2.68. The van der Waals surface area contributed by atoms with Crippen molar-refractivity contribution in [2.45, 2.75) is 47.1 Å². The number of amides is 2. The zero-order chi connectivity index (χ0) is 19.2. The van der Waals surface area contributed by atoms with E-state index in [0.29, 0.717) is 6.54 Å². The maximum absolute atomic E-state index is 12.8. The molecule has 0 bridgehead atoms. The second-order valence-electron chi connectivity index (χ2n) is 6.78. The molecule has 0 unspecified atom stereocenters. The number of rotatable bonds is 7. The number of pyridine rings is 1. The number of aromatic nitrogens is 1. The SMILES string of the molecule is CCc1cccc(CC)c1NC(=O)C(C)(C)C(=O)NCc1cccnc1. The molecule has 0 aliphatic rings. The second kappa shape index (κ2) is 8.61. The van der Waals surface area contributed by atoms with Crippen molar-refractivity contribution in [2.24, 2.45) is 5.41 Å². The van der Waals surface area contributed by atoms with E-state index in [9.17, 15) is 9.59 Å². The summed E-state index contributed by atoms with van der Waals surface area (Å²) in [6, 6.07) is 9.70. The van der Waals surface area contributed by atoms with Crippen LogP contribution < -0.4 is 10.6 Å². The maximum atomic E-state index is 12.8. The van der Waals surface area contributed by atoms with Crippen LogP contribution in [0.1, 0.15) is 44.4 Å². The predicted octanol–water partition coefficient (Wildman–Crippen LogP) is 3.49. The van der Waals surface area contributed by atoms with E-state index in [0.717, 1.165) is 35.2 Å². The van der Waals surface area contributed by atoms with Gasteiger partial charge in [0.05, 0.1) is 0 Å². The summed E-state index contributed by atoms with van der Waals surface area (Å²) < 4.78 is 0. The Kier molecular flexibility index (Phi) is 6.50. The van der Waals surface area contributed by atoms with Gasteiger partial charge in [-0.3, -0.25) is 14.6 Å². The van der Waals surface area contributed by atoms with Gasteiger partial charge in [0, 0.05) is 24.6 Å². The fraction of sp³-hybridized carbons (Fsp3) is 0.381. The van der Waals surface area contributed by atoms with Gasteiger partial charge < -0.3 is 10.6 Å². The van der Waals surface area contributed by atoms with Gasteiger partial charge >= 0.3 is 0 Å². The first kappa shape index (κ1) is 19.6. The van der Waals surface area contributed by atoms with Crippen molar-refractivity contribution in [2.75, 3.05) is 5.32 Å². The van der Waals surface area contributed by atoms with Gasteiger partial charge in [0.15, 0.2) is 0 Å². The Bertz CT molecular complexity index is 748. The number of hydrogen-bond donors (Lipinski definition) is 2. The molecule has 26 heavy (non-hydrogen) atoms. The summed E-state index contributed by atoms with van der Waals surface area (Å²) >= 11 is 0. The van der Waals surface area contributed by atoms with Crippen LogP contribution in [-0.2, 0) is 29.0 Å². The molecule has 2 amide bonds. The molecule has 0 radical (unpaired) electrons. The van der Waals surface area contributed by atoms with Gasteiger partial charge in [-0.25, -0.2) is 0 Å². The maximum Gasteiger partial charge on any atom is 0.239 e. The molecule has 5 nitrogen and oxygen atoms in total. The summed E-state index contributed by atoms with van der Waals surface area (Å²) in [6.07, 6.45) is 5.01. The quantitative estimate of drug-likeness (QED) is 0.749. The zero-order valence-corrected chi connectivity index (χ0v) is 15.9. The van der Waals surface area contributed by atoms with E-state index in [4.69, 9.17) is 0 Å². The van der Waals surface area contributed by atoms with Crippen LogP contribution in [0, 0.1) is 5.41 Å². The summed E-state index contributed by atoms with van der Waals surface area (Å²) in [4.78, 5) is 29.4. The Balaban J connectivity index is 2.11. The average molecular weight is 353 g/mol. The molecule has 2 N–H and O–H groups in total. The monoisotopic (exact) mass is 353 g/mol. The van der Waals surface area contributed by atoms with Crippen LogP contribution in [0.4, 0.5) is 5.69 Å². The zero-order valence-electron chi connectivity index (χ0n) is 15.9. The minimum atomic E-state index is -1.19. The molecule has 1 aromatic heterocycles. The fourth-order valence-electron chi connectivity index (χ4n) is 2.68. The van der Waals surface area contributed by atoms with Gasteiger partial charge in [0.1, 0.15) is 5.41 Å². The molecule has 1 heterocycles. The summed E-state index contributed by atoms with van der Waals surface area (Å²) in [7, 11) is 0. The molecule has 138 valence electrons. The van der Waals surface area contributed by atoms with Crippen LogP contribution in [0.3, 0.4) is 0 Å². The first-order valence-electron chi connectivity index (χ1n) is 8.99. The second-order valence-corrected chi connectivity index (χ2v) is 6.78. The number of nitrogens with one attached hydrogen (secondary N) is 2. The Hall–Kier alpha value is -2.69. The van der Waals surface area contributed by atoms with Crippen LogP contribution in [0.25, 0.3) is 0 Å². The molecule has 2 rings (SSSR count). The number of nitrogens with zero attached hydrogens (tertiary/aromatic N) is 1. The van der Waals surface area contributed by atoms with E-state index in [2.05, 4.69) is 29.5 Å². The van der Waals surface area contributed by atoms with E-state index < -0.39 is 5.41 Å². The lowest BCUT2D eigenvalue weighted by Gasteiger charge is -2.24. The van der Waals surface area contributed by atoms with Crippen molar-refractivity contribution in [1.29, 1.82) is 0 Å². The Morgan fingerprint density at radius 3 is 2.19 bits per heavy atom. The van der Waals surface area contributed by atoms with E-state index in [1.807, 2.05) is 30.3 Å². The summed E-state index contributed by atoms with van der Waals surface area (Å²) in [6.45, 7) is 7.73. The molecule has 0 fully saturated rings. The minimum Gasteiger partial charge on any atom is -0.351 e. The number of anilines is 1. The predicted molar refractivity (Wildman–Crippen MR) is 104 cm³/mol. The van der Waals surface area contributed by atoms with Gasteiger partial charge in [-0.05, 0) is 49.4 Å². The van der Waals surface area contributed by atoms with Crippen LogP contribution in [-0.4, -0.2) is 16.8 Å². The standard InChI is InChI=1S/C21H27N3O2/c1-5-16-10-7-11-17(6-2)18(16)24-20(26)21(3,4)19(25)23-14-15-9-8-12-22-13-15/h7-13H,5-6,14H2,1-4H3,(H,23,25)(H,24,26). The molecular formula is C21H27N3O2. The topological polar surface area (TPSA) is 71.1 Å². The normalized spacial score (nSPS) is 11.1. The number of benzene rings is 1. The fourth-order valence-corrected chi connectivity index (χ4v) is 2.68. The smallest absolute Gasteiger partial charge is 0.239 e. The number of para-hydroxylation sites is 1. The largest absolute Gasteiger partial charge is 0.351 e. The molecule has 0 saturated heterocycles. The van der Waals surface area contributed by atoms with Crippen molar-refractivity contribution in [3.63, 3.8) is 0 Å². The molecular weight excluding hydrogens is 326 g/mol. The molecule has 5 heteroatoms. The summed E-state index contributed by atoms with van der Waals surface area (Å²) in [5.74, 6) is -0.623. The van der Waals surface area contributed by atoms with Gasteiger partial charge in [-0.2, -0.15) is 0 Å². The summed E-state index contributed by atoms with van der Waals surface area (Å²) in [5, 5.41) is 5.81. The molecule has 1 aromatic carbocycles. The van der Waals surface area contributed by atoms with Crippen molar-refractivity contribution >= 4 is 17.5 Å². The first-order chi connectivity index (χ1) is 12.4. The van der Waals surface area contributed by atoms with Crippen LogP contribution in [0.15, 0.2) is 42.7 Å². The van der Waals surface area contributed by atoms with Crippen LogP contribution in [0.2, 0.25) is 0 Å². The van der Waals surface area contributed by atoms with Crippen LogP contribution >= 0.6 is 0 Å².